The van der Waals surface area contributed by atoms with Crippen LogP contribution in [0.2, 0.25) is 0 Å². The summed E-state index contributed by atoms with van der Waals surface area (Å²) in [7, 11) is 0. The van der Waals surface area contributed by atoms with E-state index in [2.05, 4.69) is 15.6 Å². The molecule has 0 atom stereocenters. The van der Waals surface area contributed by atoms with Gasteiger partial charge in [0, 0.05) is 17.7 Å². The number of benzene rings is 1. The maximum atomic E-state index is 13.9. The van der Waals surface area contributed by atoms with Crippen molar-refractivity contribution < 1.29 is 18.5 Å². The van der Waals surface area contributed by atoms with Gasteiger partial charge in [-0.2, -0.15) is 5.10 Å². The highest BCUT2D eigenvalue weighted by Gasteiger charge is 2.25. The number of alkyl halides is 1. The van der Waals surface area contributed by atoms with Gasteiger partial charge in [0.05, 0.1) is 6.42 Å². The van der Waals surface area contributed by atoms with Gasteiger partial charge in [0.25, 0.3) is 5.91 Å². The summed E-state index contributed by atoms with van der Waals surface area (Å²) in [4.78, 5) is 24.2. The first kappa shape index (κ1) is 22.0. The number of primary amides is 1. The highest BCUT2D eigenvalue weighted by Crippen LogP contribution is 2.29. The summed E-state index contributed by atoms with van der Waals surface area (Å²) in [6, 6.07) is 8.25. The molecule has 5 N–H and O–H groups in total. The molecule has 10 heteroatoms. The standard InChI is InChI=1S/C21H25FN6O3/c1-11(2)28-19(23)17(20(24)30)18(26-28)13-7-5-12(6-8-13)9-15(29)25-16-10-14(27-31-16)21(3,4)22/h5-8,10-11H,9,23H2,1-4H3,(H2,24,30)(H,25,29). The number of amides is 2. The third kappa shape index (κ3) is 4.73. The highest BCUT2D eigenvalue weighted by molar-refractivity contribution is 6.03. The fourth-order valence-corrected chi connectivity index (χ4v) is 3.05. The predicted molar refractivity (Wildman–Crippen MR) is 114 cm³/mol. The quantitative estimate of drug-likeness (QED) is 0.527. The van der Waals surface area contributed by atoms with Crippen molar-refractivity contribution in [2.24, 2.45) is 5.73 Å². The Morgan fingerprint density at radius 3 is 2.42 bits per heavy atom. The fraction of sp³-hybridized carbons (Fsp3) is 0.333. The van der Waals surface area contributed by atoms with Crippen molar-refractivity contribution in [3.63, 3.8) is 0 Å². The second kappa shape index (κ2) is 8.21. The van der Waals surface area contributed by atoms with Gasteiger partial charge in [0.15, 0.2) is 5.67 Å². The lowest BCUT2D eigenvalue weighted by Crippen LogP contribution is -2.15. The molecule has 3 rings (SSSR count). The molecule has 3 aromatic rings. The van der Waals surface area contributed by atoms with Crippen molar-refractivity contribution in [2.75, 3.05) is 11.1 Å². The molecule has 1 aromatic carbocycles. The number of nitrogens with two attached hydrogens (primary N) is 2. The van der Waals surface area contributed by atoms with Crippen LogP contribution in [0.1, 0.15) is 55.4 Å². The number of halogens is 1. The number of aromatic nitrogens is 3. The molecular formula is C21H25FN6O3. The number of hydrogen-bond donors (Lipinski definition) is 3. The van der Waals surface area contributed by atoms with E-state index in [1.165, 1.54) is 19.9 Å². The summed E-state index contributed by atoms with van der Waals surface area (Å²) in [5.74, 6) is -0.726. The first-order valence-electron chi connectivity index (χ1n) is 9.70. The van der Waals surface area contributed by atoms with Crippen molar-refractivity contribution in [2.45, 2.75) is 45.8 Å². The summed E-state index contributed by atoms with van der Waals surface area (Å²) in [5, 5.41) is 10.6. The number of anilines is 2. The van der Waals surface area contributed by atoms with Crippen LogP contribution in [0.3, 0.4) is 0 Å². The van der Waals surface area contributed by atoms with E-state index in [-0.39, 0.29) is 41.3 Å². The number of nitrogens with one attached hydrogen (secondary N) is 1. The second-order valence-electron chi connectivity index (χ2n) is 7.98. The molecular weight excluding hydrogens is 403 g/mol. The summed E-state index contributed by atoms with van der Waals surface area (Å²) < 4.78 is 20.4. The van der Waals surface area contributed by atoms with Crippen LogP contribution in [0.4, 0.5) is 16.1 Å². The number of nitrogens with zero attached hydrogens (tertiary/aromatic N) is 3. The van der Waals surface area contributed by atoms with Crippen LogP contribution in [-0.4, -0.2) is 26.8 Å². The molecule has 2 heterocycles. The van der Waals surface area contributed by atoms with Crippen molar-refractivity contribution in [3.05, 3.63) is 47.2 Å². The molecule has 31 heavy (non-hydrogen) atoms. The van der Waals surface area contributed by atoms with Crippen LogP contribution in [0, 0.1) is 0 Å². The number of rotatable bonds is 7. The molecule has 0 aliphatic carbocycles. The zero-order valence-corrected chi connectivity index (χ0v) is 17.8. The molecule has 0 aliphatic rings. The van der Waals surface area contributed by atoms with Crippen molar-refractivity contribution in [1.82, 2.24) is 14.9 Å². The average molecular weight is 428 g/mol. The summed E-state index contributed by atoms with van der Waals surface area (Å²) in [6.45, 7) is 6.48. The van der Waals surface area contributed by atoms with Gasteiger partial charge in [0.2, 0.25) is 11.8 Å². The maximum Gasteiger partial charge on any atom is 0.254 e. The van der Waals surface area contributed by atoms with Crippen LogP contribution in [0.25, 0.3) is 11.3 Å². The minimum absolute atomic E-state index is 0.0469. The number of carbonyl (C=O) groups excluding carboxylic acids is 2. The van der Waals surface area contributed by atoms with E-state index in [0.29, 0.717) is 16.8 Å². The molecule has 2 amide bonds. The van der Waals surface area contributed by atoms with Gasteiger partial charge < -0.3 is 16.0 Å². The molecule has 0 spiro atoms. The van der Waals surface area contributed by atoms with Gasteiger partial charge in [-0.25, -0.2) is 9.07 Å². The van der Waals surface area contributed by atoms with Gasteiger partial charge in [0.1, 0.15) is 22.8 Å². The minimum Gasteiger partial charge on any atom is -0.383 e. The number of nitrogen functional groups attached to an aromatic ring is 1. The molecule has 0 fully saturated rings. The van der Waals surface area contributed by atoms with Crippen LogP contribution in [0.15, 0.2) is 34.9 Å². The Hall–Kier alpha value is -3.69. The van der Waals surface area contributed by atoms with Gasteiger partial charge in [-0.15, -0.1) is 0 Å². The Morgan fingerprint density at radius 2 is 1.90 bits per heavy atom. The normalized spacial score (nSPS) is 11.7. The summed E-state index contributed by atoms with van der Waals surface area (Å²) in [5.41, 5.74) is 11.9. The Labute approximate surface area is 178 Å². The average Bonchev–Trinajstić information content (AvgIpc) is 3.26. The summed E-state index contributed by atoms with van der Waals surface area (Å²) in [6.07, 6.45) is 0.0561. The lowest BCUT2D eigenvalue weighted by atomic mass is 10.0. The molecule has 0 saturated carbocycles. The first-order chi connectivity index (χ1) is 14.5. The van der Waals surface area contributed by atoms with Crippen molar-refractivity contribution >= 4 is 23.5 Å². The zero-order chi connectivity index (χ0) is 22.9. The third-order valence-corrected chi connectivity index (χ3v) is 4.66. The van der Waals surface area contributed by atoms with Gasteiger partial charge in [-0.05, 0) is 33.3 Å². The van der Waals surface area contributed by atoms with E-state index in [0.717, 1.165) is 0 Å². The smallest absolute Gasteiger partial charge is 0.254 e. The summed E-state index contributed by atoms with van der Waals surface area (Å²) >= 11 is 0. The van der Waals surface area contributed by atoms with E-state index in [1.54, 1.807) is 28.9 Å². The van der Waals surface area contributed by atoms with E-state index < -0.39 is 11.6 Å². The lowest BCUT2D eigenvalue weighted by Gasteiger charge is -2.07. The number of hydrogen-bond acceptors (Lipinski definition) is 6. The third-order valence-electron chi connectivity index (χ3n) is 4.66. The number of carbonyl (C=O) groups is 2. The maximum absolute atomic E-state index is 13.9. The Balaban J connectivity index is 1.75. The van der Waals surface area contributed by atoms with Gasteiger partial charge in [-0.3, -0.25) is 14.9 Å². The molecule has 164 valence electrons. The van der Waals surface area contributed by atoms with E-state index in [4.69, 9.17) is 16.0 Å². The Bertz CT molecular complexity index is 1110. The van der Waals surface area contributed by atoms with Crippen LogP contribution in [-0.2, 0) is 16.9 Å². The molecule has 2 aromatic heterocycles. The Morgan fingerprint density at radius 1 is 1.26 bits per heavy atom. The molecule has 9 nitrogen and oxygen atoms in total. The largest absolute Gasteiger partial charge is 0.383 e. The van der Waals surface area contributed by atoms with E-state index in [1.807, 2.05) is 13.8 Å². The topological polar surface area (TPSA) is 142 Å². The van der Waals surface area contributed by atoms with Crippen LogP contribution >= 0.6 is 0 Å². The SMILES string of the molecule is CC(C)n1nc(-c2ccc(CC(=O)Nc3cc(C(C)(C)F)no3)cc2)c(C(N)=O)c1N. The zero-order valence-electron chi connectivity index (χ0n) is 17.8. The molecule has 0 radical (unpaired) electrons. The minimum atomic E-state index is -1.67. The Kier molecular flexibility index (Phi) is 5.83. The fourth-order valence-electron chi connectivity index (χ4n) is 3.05. The first-order valence-corrected chi connectivity index (χ1v) is 9.70. The van der Waals surface area contributed by atoms with Gasteiger partial charge in [-0.1, -0.05) is 29.4 Å². The molecule has 0 unspecified atom stereocenters. The monoisotopic (exact) mass is 428 g/mol. The van der Waals surface area contributed by atoms with Crippen molar-refractivity contribution in [3.8, 4) is 11.3 Å². The molecule has 0 saturated heterocycles. The predicted octanol–water partition coefficient (Wildman–Crippen LogP) is 3.19. The molecule has 0 aliphatic heterocycles. The lowest BCUT2D eigenvalue weighted by molar-refractivity contribution is -0.115. The molecule has 0 bridgehead atoms. The second-order valence-corrected chi connectivity index (χ2v) is 7.98. The van der Waals surface area contributed by atoms with Crippen LogP contribution in [0.5, 0.6) is 0 Å². The van der Waals surface area contributed by atoms with Crippen molar-refractivity contribution in [1.29, 1.82) is 0 Å². The van der Waals surface area contributed by atoms with Crippen LogP contribution < -0.4 is 16.8 Å². The van der Waals surface area contributed by atoms with Gasteiger partial charge >= 0.3 is 0 Å². The van der Waals surface area contributed by atoms with E-state index >= 15 is 0 Å². The highest BCUT2D eigenvalue weighted by atomic mass is 19.1. The van der Waals surface area contributed by atoms with E-state index in [9.17, 15) is 14.0 Å².